The normalized spacial score (nSPS) is 11.8. The van der Waals surface area contributed by atoms with Crippen molar-refractivity contribution in [2.24, 2.45) is 0 Å². The summed E-state index contributed by atoms with van der Waals surface area (Å²) in [6.07, 6.45) is 26.8. The molecule has 7 heteroatoms. The molecule has 0 saturated carbocycles. The van der Waals surface area contributed by atoms with Gasteiger partial charge in [-0.2, -0.15) is 0 Å². The second-order valence-electron chi connectivity index (χ2n) is 11.0. The molecule has 2 N–H and O–H groups in total. The van der Waals surface area contributed by atoms with E-state index >= 15 is 0 Å². The first-order valence-corrected chi connectivity index (χ1v) is 15.4. The van der Waals surface area contributed by atoms with Crippen LogP contribution < -0.4 is 5.11 Å². The number of carbonyl (C=O) groups is 3. The zero-order valence-corrected chi connectivity index (χ0v) is 24.3. The van der Waals surface area contributed by atoms with Crippen molar-refractivity contribution in [2.45, 2.75) is 142 Å². The van der Waals surface area contributed by atoms with Crippen molar-refractivity contribution in [3.05, 3.63) is 12.2 Å². The van der Waals surface area contributed by atoms with E-state index in [0.717, 1.165) is 32.1 Å². The fourth-order valence-corrected chi connectivity index (χ4v) is 5.07. The Morgan fingerprint density at radius 2 is 0.921 bits per heavy atom. The number of carbonyl (C=O) groups excluding carboxylic acids is 1. The molecule has 38 heavy (non-hydrogen) atoms. The van der Waals surface area contributed by atoms with Crippen molar-refractivity contribution >= 4 is 17.9 Å². The minimum atomic E-state index is -1.18. The summed E-state index contributed by atoms with van der Waals surface area (Å²) in [6, 6.07) is 0. The minimum Gasteiger partial charge on any atom is -0.550 e. The molecule has 222 valence electrons. The molecule has 0 heterocycles. The molecule has 0 aliphatic heterocycles. The van der Waals surface area contributed by atoms with Gasteiger partial charge in [0.25, 0.3) is 0 Å². The van der Waals surface area contributed by atoms with E-state index in [1.807, 2.05) is 0 Å². The fraction of sp³-hybridized carbons (Fsp3) is 0.839. The lowest BCUT2D eigenvalue weighted by molar-refractivity contribution is -0.927. The number of allylic oxidation sites excluding steroid dienone is 2. The molecule has 0 atom stereocenters. The standard InChI is InChI=1S/C31H57NO6/c1-2-3-4-5-6-7-8-9-10-11-12-13-14-15-16-17-18-19-20-21-25-32(26-22-29(33)34,27-23-30(35)36)28-24-31(37)38/h13-14H,2-12,15-28H2,1H3,(H2-,33,34,35,36,37,38)/b14-13+. The molecule has 0 aliphatic carbocycles. The highest BCUT2D eigenvalue weighted by Gasteiger charge is 2.28. The molecule has 0 fully saturated rings. The van der Waals surface area contributed by atoms with E-state index in [-0.39, 0.29) is 43.4 Å². The van der Waals surface area contributed by atoms with Crippen LogP contribution in [0.2, 0.25) is 0 Å². The van der Waals surface area contributed by atoms with Crippen LogP contribution >= 0.6 is 0 Å². The predicted octanol–water partition coefficient (Wildman–Crippen LogP) is 6.49. The number of nitrogens with zero attached hydrogens (tertiary/aromatic N) is 1. The van der Waals surface area contributed by atoms with Crippen LogP contribution in [0.25, 0.3) is 0 Å². The lowest BCUT2D eigenvalue weighted by Crippen LogP contribution is -2.53. The summed E-state index contributed by atoms with van der Waals surface area (Å²) in [5.41, 5.74) is 0. The SMILES string of the molecule is CCCCCCCCCCCC/C=C/CCCCCCCC[N+](CCC(=O)[O-])(CCC(=O)O)CCC(=O)O. The number of quaternary nitrogens is 1. The van der Waals surface area contributed by atoms with Crippen LogP contribution in [-0.2, 0) is 14.4 Å². The highest BCUT2D eigenvalue weighted by atomic mass is 16.4. The summed E-state index contributed by atoms with van der Waals surface area (Å²) in [7, 11) is 0. The van der Waals surface area contributed by atoms with Gasteiger partial charge >= 0.3 is 11.9 Å². The minimum absolute atomic E-state index is 0.0978. The number of unbranched alkanes of at least 4 members (excludes halogenated alkanes) is 16. The third-order valence-electron chi connectivity index (χ3n) is 7.53. The quantitative estimate of drug-likeness (QED) is 0.0638. The third-order valence-corrected chi connectivity index (χ3v) is 7.53. The van der Waals surface area contributed by atoms with Crippen LogP contribution in [0.1, 0.15) is 142 Å². The molecule has 0 aromatic rings. The van der Waals surface area contributed by atoms with Gasteiger partial charge in [-0.25, -0.2) is 0 Å². The van der Waals surface area contributed by atoms with Gasteiger partial charge in [0, 0.05) is 12.4 Å². The lowest BCUT2D eigenvalue weighted by Gasteiger charge is -2.38. The summed E-state index contributed by atoms with van der Waals surface area (Å²) in [5, 5.41) is 29.2. The van der Waals surface area contributed by atoms with Crippen LogP contribution in [0.15, 0.2) is 12.2 Å². The Morgan fingerprint density at radius 3 is 1.32 bits per heavy atom. The average molecular weight is 540 g/mol. The van der Waals surface area contributed by atoms with E-state index in [1.54, 1.807) is 0 Å². The van der Waals surface area contributed by atoms with Gasteiger partial charge in [0.2, 0.25) is 0 Å². The molecule has 0 aromatic carbocycles. The van der Waals surface area contributed by atoms with Crippen LogP contribution in [0, 0.1) is 0 Å². The number of aliphatic carboxylic acids is 3. The summed E-state index contributed by atoms with van der Waals surface area (Å²) < 4.78 is 0.219. The van der Waals surface area contributed by atoms with Gasteiger partial charge in [-0.3, -0.25) is 9.59 Å². The molecular weight excluding hydrogens is 482 g/mol. The molecule has 0 saturated heterocycles. The van der Waals surface area contributed by atoms with E-state index in [2.05, 4.69) is 19.1 Å². The van der Waals surface area contributed by atoms with E-state index < -0.39 is 17.9 Å². The van der Waals surface area contributed by atoms with Crippen LogP contribution in [-0.4, -0.2) is 58.8 Å². The molecular formula is C31H57NO6. The second kappa shape index (κ2) is 25.4. The Morgan fingerprint density at radius 1 is 0.553 bits per heavy atom. The van der Waals surface area contributed by atoms with Crippen molar-refractivity contribution in [2.75, 3.05) is 26.2 Å². The zero-order chi connectivity index (χ0) is 28.3. The van der Waals surface area contributed by atoms with Gasteiger partial charge in [-0.05, 0) is 38.5 Å². The molecule has 0 amide bonds. The maximum atomic E-state index is 11.1. The summed E-state index contributed by atoms with van der Waals surface area (Å²) >= 11 is 0. The maximum absolute atomic E-state index is 11.1. The Labute approximate surface area is 232 Å². The van der Waals surface area contributed by atoms with E-state index in [0.29, 0.717) is 6.54 Å². The molecule has 0 aliphatic rings. The maximum Gasteiger partial charge on any atom is 0.309 e. The highest BCUT2D eigenvalue weighted by molar-refractivity contribution is 5.67. The molecule has 0 aromatic heterocycles. The molecule has 0 radical (unpaired) electrons. The largest absolute Gasteiger partial charge is 0.550 e. The predicted molar refractivity (Wildman–Crippen MR) is 152 cm³/mol. The first kappa shape index (κ1) is 36.1. The summed E-state index contributed by atoms with van der Waals surface area (Å²) in [6.45, 7) is 3.59. The number of hydrogen-bond donors (Lipinski definition) is 2. The van der Waals surface area contributed by atoms with Crippen molar-refractivity contribution in [3.63, 3.8) is 0 Å². The number of carboxylic acids is 3. The number of hydrogen-bond acceptors (Lipinski definition) is 4. The number of rotatable bonds is 29. The van der Waals surface area contributed by atoms with E-state index in [9.17, 15) is 19.5 Å². The van der Waals surface area contributed by atoms with Gasteiger partial charge in [-0.1, -0.05) is 96.1 Å². The Hall–Kier alpha value is -1.89. The number of carboxylic acid groups (broad SMARTS) is 3. The van der Waals surface area contributed by atoms with Crippen molar-refractivity contribution < 1.29 is 34.2 Å². The molecule has 0 rings (SSSR count). The smallest absolute Gasteiger partial charge is 0.309 e. The average Bonchev–Trinajstić information content (AvgIpc) is 2.88. The van der Waals surface area contributed by atoms with Crippen molar-refractivity contribution in [1.82, 2.24) is 0 Å². The molecule has 0 bridgehead atoms. The molecule has 0 unspecified atom stereocenters. The van der Waals surface area contributed by atoms with E-state index in [4.69, 9.17) is 10.2 Å². The zero-order valence-electron chi connectivity index (χ0n) is 24.3. The Balaban J connectivity index is 3.94. The van der Waals surface area contributed by atoms with Gasteiger partial charge < -0.3 is 24.6 Å². The molecule has 0 spiro atoms. The fourth-order valence-electron chi connectivity index (χ4n) is 5.07. The van der Waals surface area contributed by atoms with Gasteiger partial charge in [0.1, 0.15) is 0 Å². The topological polar surface area (TPSA) is 115 Å². The Kier molecular flexibility index (Phi) is 24.1. The first-order chi connectivity index (χ1) is 18.3. The second-order valence-corrected chi connectivity index (χ2v) is 11.0. The van der Waals surface area contributed by atoms with Gasteiger partial charge in [-0.15, -0.1) is 0 Å². The van der Waals surface area contributed by atoms with Crippen LogP contribution in [0.3, 0.4) is 0 Å². The summed E-state index contributed by atoms with van der Waals surface area (Å²) in [5.74, 6) is -3.08. The van der Waals surface area contributed by atoms with Crippen molar-refractivity contribution in [1.29, 1.82) is 0 Å². The van der Waals surface area contributed by atoms with Crippen LogP contribution in [0.5, 0.6) is 0 Å². The third kappa shape index (κ3) is 24.4. The van der Waals surface area contributed by atoms with Crippen LogP contribution in [0.4, 0.5) is 0 Å². The van der Waals surface area contributed by atoms with Crippen molar-refractivity contribution in [3.8, 4) is 0 Å². The summed E-state index contributed by atoms with van der Waals surface area (Å²) in [4.78, 5) is 33.3. The van der Waals surface area contributed by atoms with Gasteiger partial charge in [0.05, 0.1) is 39.0 Å². The van der Waals surface area contributed by atoms with Gasteiger partial charge in [0.15, 0.2) is 0 Å². The Bertz CT molecular complexity index is 588. The lowest BCUT2D eigenvalue weighted by atomic mass is 10.1. The highest BCUT2D eigenvalue weighted by Crippen LogP contribution is 2.17. The molecule has 7 nitrogen and oxygen atoms in total. The first-order valence-electron chi connectivity index (χ1n) is 15.4. The monoisotopic (exact) mass is 539 g/mol. The van der Waals surface area contributed by atoms with E-state index in [1.165, 1.54) is 83.5 Å².